The van der Waals surface area contributed by atoms with E-state index in [2.05, 4.69) is 5.32 Å². The van der Waals surface area contributed by atoms with Crippen LogP contribution in [-0.4, -0.2) is 30.1 Å². The first kappa shape index (κ1) is 22.9. The van der Waals surface area contributed by atoms with E-state index >= 15 is 0 Å². The van der Waals surface area contributed by atoms with Crippen LogP contribution in [0.1, 0.15) is 21.5 Å². The van der Waals surface area contributed by atoms with Crippen LogP contribution in [0.2, 0.25) is 0 Å². The highest BCUT2D eigenvalue weighted by Crippen LogP contribution is 2.23. The molecule has 0 heterocycles. The Kier molecular flexibility index (Phi) is 7.08. The number of rotatable bonds is 9. The molecule has 1 atom stereocenters. The maximum atomic E-state index is 12.8. The topological polar surface area (TPSA) is 84.9 Å². The molecule has 34 heavy (non-hydrogen) atoms. The summed E-state index contributed by atoms with van der Waals surface area (Å²) in [6, 6.07) is 26.8. The van der Waals surface area contributed by atoms with Gasteiger partial charge in [0, 0.05) is 12.0 Å². The van der Waals surface area contributed by atoms with Crippen molar-refractivity contribution in [3.63, 3.8) is 0 Å². The summed E-state index contributed by atoms with van der Waals surface area (Å²) in [7, 11) is 1.63. The Morgan fingerprint density at radius 1 is 0.824 bits per heavy atom. The molecule has 0 aliphatic heterocycles. The molecule has 2 N–H and O–H groups in total. The average Bonchev–Trinajstić information content (AvgIpc) is 2.87. The van der Waals surface area contributed by atoms with E-state index in [0.29, 0.717) is 17.9 Å². The predicted molar refractivity (Wildman–Crippen MR) is 130 cm³/mol. The van der Waals surface area contributed by atoms with Crippen molar-refractivity contribution in [2.75, 3.05) is 7.11 Å². The van der Waals surface area contributed by atoms with Crippen LogP contribution in [0.5, 0.6) is 11.5 Å². The molecule has 6 nitrogen and oxygen atoms in total. The zero-order valence-electron chi connectivity index (χ0n) is 18.7. The molecule has 0 fully saturated rings. The van der Waals surface area contributed by atoms with Gasteiger partial charge in [0.15, 0.2) is 0 Å². The van der Waals surface area contributed by atoms with E-state index in [1.165, 1.54) is 0 Å². The molecule has 4 aromatic carbocycles. The van der Waals surface area contributed by atoms with E-state index in [9.17, 15) is 14.7 Å². The van der Waals surface area contributed by atoms with Gasteiger partial charge in [-0.05, 0) is 58.3 Å². The van der Waals surface area contributed by atoms with Crippen molar-refractivity contribution in [3.05, 3.63) is 108 Å². The molecule has 172 valence electrons. The third-order valence-electron chi connectivity index (χ3n) is 5.52. The summed E-state index contributed by atoms with van der Waals surface area (Å²) in [6.07, 6.45) is 0.213. The second kappa shape index (κ2) is 10.5. The number of hydrogen-bond donors (Lipinski definition) is 2. The number of carboxylic acids is 1. The van der Waals surface area contributed by atoms with E-state index < -0.39 is 17.9 Å². The van der Waals surface area contributed by atoms with Crippen molar-refractivity contribution in [1.29, 1.82) is 0 Å². The normalized spacial score (nSPS) is 11.6. The molecule has 6 heteroatoms. The summed E-state index contributed by atoms with van der Waals surface area (Å²) in [5.74, 6) is 0.0139. The van der Waals surface area contributed by atoms with Gasteiger partial charge in [-0.1, -0.05) is 54.6 Å². The van der Waals surface area contributed by atoms with Crippen molar-refractivity contribution >= 4 is 22.6 Å². The van der Waals surface area contributed by atoms with Gasteiger partial charge in [0.05, 0.1) is 7.11 Å². The molecule has 0 bridgehead atoms. The van der Waals surface area contributed by atoms with Gasteiger partial charge in [0.2, 0.25) is 0 Å². The summed E-state index contributed by atoms with van der Waals surface area (Å²) < 4.78 is 11.1. The summed E-state index contributed by atoms with van der Waals surface area (Å²) >= 11 is 0. The maximum Gasteiger partial charge on any atom is 0.326 e. The highest BCUT2D eigenvalue weighted by atomic mass is 16.5. The Bertz CT molecular complexity index is 1290. The van der Waals surface area contributed by atoms with Gasteiger partial charge in [0.25, 0.3) is 5.91 Å². The van der Waals surface area contributed by atoms with Crippen LogP contribution < -0.4 is 14.8 Å². The Hall–Kier alpha value is -4.32. The van der Waals surface area contributed by atoms with Crippen molar-refractivity contribution in [2.24, 2.45) is 0 Å². The second-order valence-electron chi connectivity index (χ2n) is 7.91. The minimum Gasteiger partial charge on any atom is -0.497 e. The zero-order chi connectivity index (χ0) is 23.9. The van der Waals surface area contributed by atoms with E-state index in [0.717, 1.165) is 27.6 Å². The SMILES string of the molecule is COc1ccc(COc2ccc3cc(C(=O)NC(Cc4ccccc4)C(=O)O)ccc3c2)cc1. The van der Waals surface area contributed by atoms with Gasteiger partial charge in [-0.25, -0.2) is 4.79 Å². The smallest absolute Gasteiger partial charge is 0.326 e. The third kappa shape index (κ3) is 5.72. The van der Waals surface area contributed by atoms with Crippen molar-refractivity contribution in [3.8, 4) is 11.5 Å². The minimum atomic E-state index is -1.07. The molecule has 0 saturated heterocycles. The highest BCUT2D eigenvalue weighted by molar-refractivity contribution is 6.00. The third-order valence-corrected chi connectivity index (χ3v) is 5.52. The molecule has 4 rings (SSSR count). The first-order valence-electron chi connectivity index (χ1n) is 10.9. The Morgan fingerprint density at radius 3 is 2.21 bits per heavy atom. The molecule has 1 unspecified atom stereocenters. The molecule has 0 saturated carbocycles. The Balaban J connectivity index is 1.43. The standard InChI is InChI=1S/C28H25NO5/c1-33-24-12-7-20(8-13-24)18-34-25-14-11-21-16-23(10-9-22(21)17-25)27(30)29-26(28(31)32)15-19-5-3-2-4-6-19/h2-14,16-17,26H,15,18H2,1H3,(H,29,30)(H,31,32). The minimum absolute atomic E-state index is 0.213. The highest BCUT2D eigenvalue weighted by Gasteiger charge is 2.21. The van der Waals surface area contributed by atoms with Gasteiger partial charge >= 0.3 is 5.97 Å². The predicted octanol–water partition coefficient (Wildman–Crippen LogP) is 4.85. The van der Waals surface area contributed by atoms with Crippen LogP contribution >= 0.6 is 0 Å². The molecular weight excluding hydrogens is 430 g/mol. The molecule has 0 aliphatic rings. The van der Waals surface area contributed by atoms with Gasteiger partial charge in [0.1, 0.15) is 24.1 Å². The summed E-state index contributed by atoms with van der Waals surface area (Å²) in [5, 5.41) is 14.0. The van der Waals surface area contributed by atoms with Crippen LogP contribution in [0.25, 0.3) is 10.8 Å². The average molecular weight is 456 g/mol. The number of nitrogens with one attached hydrogen (secondary N) is 1. The summed E-state index contributed by atoms with van der Waals surface area (Å²) in [4.78, 5) is 24.4. The second-order valence-corrected chi connectivity index (χ2v) is 7.91. The lowest BCUT2D eigenvalue weighted by molar-refractivity contribution is -0.139. The number of amides is 1. The lowest BCUT2D eigenvalue weighted by Crippen LogP contribution is -2.42. The molecule has 1 amide bonds. The van der Waals surface area contributed by atoms with E-state index in [1.807, 2.05) is 78.9 Å². The lowest BCUT2D eigenvalue weighted by Gasteiger charge is -2.15. The van der Waals surface area contributed by atoms with Gasteiger partial charge in [-0.3, -0.25) is 4.79 Å². The van der Waals surface area contributed by atoms with E-state index in [4.69, 9.17) is 9.47 Å². The lowest BCUT2D eigenvalue weighted by atomic mass is 10.0. The number of fused-ring (bicyclic) bond motifs is 1. The molecule has 0 aromatic heterocycles. The number of hydrogen-bond acceptors (Lipinski definition) is 4. The zero-order valence-corrected chi connectivity index (χ0v) is 18.7. The molecule has 0 radical (unpaired) electrons. The number of benzene rings is 4. The van der Waals surface area contributed by atoms with Crippen LogP contribution in [0.3, 0.4) is 0 Å². The van der Waals surface area contributed by atoms with Crippen LogP contribution in [0.15, 0.2) is 91.0 Å². The number of carboxylic acid groups (broad SMARTS) is 1. The van der Waals surface area contributed by atoms with Crippen molar-refractivity contribution in [2.45, 2.75) is 19.1 Å². The quantitative estimate of drug-likeness (QED) is 0.377. The number of methoxy groups -OCH3 is 1. The number of aliphatic carboxylic acids is 1. The van der Waals surface area contributed by atoms with Gasteiger partial charge in [-0.15, -0.1) is 0 Å². The van der Waals surface area contributed by atoms with Gasteiger partial charge in [-0.2, -0.15) is 0 Å². The fourth-order valence-electron chi connectivity index (χ4n) is 3.63. The summed E-state index contributed by atoms with van der Waals surface area (Å²) in [5.41, 5.74) is 2.27. The summed E-state index contributed by atoms with van der Waals surface area (Å²) in [6.45, 7) is 0.425. The number of ether oxygens (including phenoxy) is 2. The van der Waals surface area contributed by atoms with Crippen molar-refractivity contribution in [1.82, 2.24) is 5.32 Å². The number of carbonyl (C=O) groups excluding carboxylic acids is 1. The molecule has 4 aromatic rings. The maximum absolute atomic E-state index is 12.8. The van der Waals surface area contributed by atoms with E-state index in [-0.39, 0.29) is 6.42 Å². The van der Waals surface area contributed by atoms with Crippen LogP contribution in [-0.2, 0) is 17.8 Å². The molecular formula is C28H25NO5. The Labute approximate surface area is 197 Å². The van der Waals surface area contributed by atoms with Crippen LogP contribution in [0, 0.1) is 0 Å². The largest absolute Gasteiger partial charge is 0.497 e. The molecule has 0 aliphatic carbocycles. The van der Waals surface area contributed by atoms with Crippen molar-refractivity contribution < 1.29 is 24.2 Å². The Morgan fingerprint density at radius 2 is 1.50 bits per heavy atom. The fourth-order valence-corrected chi connectivity index (χ4v) is 3.63. The van der Waals surface area contributed by atoms with E-state index in [1.54, 1.807) is 19.2 Å². The molecule has 0 spiro atoms. The van der Waals surface area contributed by atoms with Gasteiger partial charge < -0.3 is 19.9 Å². The van der Waals surface area contributed by atoms with Crippen LogP contribution in [0.4, 0.5) is 0 Å². The fraction of sp³-hybridized carbons (Fsp3) is 0.143. The monoisotopic (exact) mass is 455 g/mol. The first-order chi connectivity index (χ1) is 16.5. The first-order valence-corrected chi connectivity index (χ1v) is 10.9. The number of carbonyl (C=O) groups is 2.